The topological polar surface area (TPSA) is 9.86 Å². The van der Waals surface area contributed by atoms with Gasteiger partial charge in [0.25, 0.3) is 0 Å². The molecule has 0 N–H and O–H groups in total. The van der Waals surface area contributed by atoms with E-state index in [1.807, 2.05) is 0 Å². The molecule has 0 unspecified atom stereocenters. The Morgan fingerprint density at radius 1 is 0.511 bits per heavy atom. The Balaban J connectivity index is 1.26. The van der Waals surface area contributed by atoms with Crippen LogP contribution in [0.25, 0.3) is 71.7 Å². The Morgan fingerprint density at radius 3 is 1.85 bits per heavy atom. The minimum atomic E-state index is 0.0101. The lowest BCUT2D eigenvalue weighted by Crippen LogP contribution is -2.17. The summed E-state index contributed by atoms with van der Waals surface area (Å²) in [6.45, 7) is 4.84. The van der Waals surface area contributed by atoms with Crippen LogP contribution in [-0.4, -0.2) is 9.13 Å². The molecule has 2 aliphatic rings. The second-order valence-corrected chi connectivity index (χ2v) is 13.7. The monoisotopic (exact) mass is 602 g/mol. The van der Waals surface area contributed by atoms with E-state index in [-0.39, 0.29) is 5.41 Å². The zero-order valence-corrected chi connectivity index (χ0v) is 26.7. The van der Waals surface area contributed by atoms with E-state index in [2.05, 4.69) is 169 Å². The second kappa shape index (κ2) is 9.70. The van der Waals surface area contributed by atoms with Crippen LogP contribution in [0, 0.1) is 0 Å². The Kier molecular flexibility index (Phi) is 5.49. The number of hydrogen-bond acceptors (Lipinski definition) is 0. The molecule has 2 aliphatic carbocycles. The number of para-hydroxylation sites is 2. The fourth-order valence-corrected chi connectivity index (χ4v) is 8.57. The largest absolute Gasteiger partial charge is 0.309 e. The second-order valence-electron chi connectivity index (χ2n) is 13.7. The third kappa shape index (κ3) is 3.73. The Bertz CT molecular complexity index is 2570. The van der Waals surface area contributed by atoms with Crippen molar-refractivity contribution < 1.29 is 0 Å². The van der Waals surface area contributed by atoms with E-state index in [1.54, 1.807) is 5.57 Å². The summed E-state index contributed by atoms with van der Waals surface area (Å²) in [7, 11) is 0. The van der Waals surface area contributed by atoms with Crippen molar-refractivity contribution in [3.63, 3.8) is 0 Å². The molecule has 47 heavy (non-hydrogen) atoms. The summed E-state index contributed by atoms with van der Waals surface area (Å²) in [6, 6.07) is 49.4. The van der Waals surface area contributed by atoms with Crippen LogP contribution in [0.2, 0.25) is 0 Å². The van der Waals surface area contributed by atoms with Crippen LogP contribution in [0.5, 0.6) is 0 Å². The van der Waals surface area contributed by atoms with Crippen molar-refractivity contribution in [1.29, 1.82) is 0 Å². The molecule has 224 valence electrons. The Morgan fingerprint density at radius 2 is 1.11 bits per heavy atom. The number of rotatable bonds is 3. The van der Waals surface area contributed by atoms with Gasteiger partial charge in [0, 0.05) is 38.3 Å². The first-order valence-corrected chi connectivity index (χ1v) is 16.8. The molecule has 2 aromatic heterocycles. The summed E-state index contributed by atoms with van der Waals surface area (Å²) < 4.78 is 4.92. The molecule has 0 aliphatic heterocycles. The number of allylic oxidation sites excluding steroid dienone is 4. The Labute approximate surface area is 274 Å². The molecule has 2 heteroatoms. The van der Waals surface area contributed by atoms with E-state index in [1.165, 1.54) is 82.8 Å². The average molecular weight is 603 g/mol. The van der Waals surface area contributed by atoms with Gasteiger partial charge in [0.2, 0.25) is 0 Å². The third-order valence-corrected chi connectivity index (χ3v) is 10.8. The van der Waals surface area contributed by atoms with Crippen LogP contribution in [0.15, 0.2) is 151 Å². The van der Waals surface area contributed by atoms with Crippen LogP contribution in [0.4, 0.5) is 0 Å². The normalized spacial score (nSPS) is 15.3. The molecule has 8 aromatic rings. The molecule has 2 nitrogen and oxygen atoms in total. The van der Waals surface area contributed by atoms with Gasteiger partial charge in [-0.2, -0.15) is 0 Å². The van der Waals surface area contributed by atoms with Crippen LogP contribution in [-0.2, 0) is 5.41 Å². The molecule has 0 amide bonds. The number of fused-ring (bicyclic) bond motifs is 8. The van der Waals surface area contributed by atoms with E-state index in [9.17, 15) is 0 Å². The lowest BCUT2D eigenvalue weighted by atomic mass is 9.78. The van der Waals surface area contributed by atoms with Crippen molar-refractivity contribution in [3.05, 3.63) is 162 Å². The molecule has 0 spiro atoms. The number of benzene rings is 6. The molecule has 0 saturated heterocycles. The first kappa shape index (κ1) is 26.6. The standard InChI is InChI=1S/C45H34N2/c1-45(2)39-17-9-6-14-33(39)36-27-38-37-26-32(47-41-18-10-7-15-34(41)35-16-8-11-19-42(35)47)24-25-43(37)46(44(38)28-40(36)45)31-22-20-30(21-23-31)29-12-4-3-5-13-29/h3-8,10-16,18-28H,9,17H2,1-2H3. The van der Waals surface area contributed by atoms with Crippen molar-refractivity contribution >= 4 is 49.2 Å². The van der Waals surface area contributed by atoms with Gasteiger partial charge in [-0.25, -0.2) is 0 Å². The quantitative estimate of drug-likeness (QED) is 0.190. The molecular formula is C45H34N2. The zero-order chi connectivity index (χ0) is 31.3. The summed E-state index contributed by atoms with van der Waals surface area (Å²) in [5.41, 5.74) is 15.7. The van der Waals surface area contributed by atoms with Gasteiger partial charge >= 0.3 is 0 Å². The van der Waals surface area contributed by atoms with Gasteiger partial charge in [-0.05, 0) is 95.3 Å². The molecule has 0 radical (unpaired) electrons. The number of hydrogen-bond donors (Lipinski definition) is 0. The highest BCUT2D eigenvalue weighted by Gasteiger charge is 2.38. The summed E-state index contributed by atoms with van der Waals surface area (Å²) in [4.78, 5) is 0. The van der Waals surface area contributed by atoms with Crippen molar-refractivity contribution in [2.45, 2.75) is 32.1 Å². The van der Waals surface area contributed by atoms with Crippen LogP contribution in [0.3, 0.4) is 0 Å². The molecular weight excluding hydrogens is 569 g/mol. The number of aromatic nitrogens is 2. The summed E-state index contributed by atoms with van der Waals surface area (Å²) in [5, 5.41) is 5.15. The highest BCUT2D eigenvalue weighted by Crippen LogP contribution is 2.52. The van der Waals surface area contributed by atoms with E-state index < -0.39 is 0 Å². The van der Waals surface area contributed by atoms with Crippen molar-refractivity contribution in [1.82, 2.24) is 9.13 Å². The molecule has 6 aromatic carbocycles. The Hall–Kier alpha value is -5.60. The first-order valence-electron chi connectivity index (χ1n) is 16.8. The molecule has 10 rings (SSSR count). The third-order valence-electron chi connectivity index (χ3n) is 10.8. The molecule has 0 bridgehead atoms. The van der Waals surface area contributed by atoms with Gasteiger partial charge in [-0.15, -0.1) is 0 Å². The van der Waals surface area contributed by atoms with Gasteiger partial charge in [-0.1, -0.05) is 110 Å². The van der Waals surface area contributed by atoms with Crippen molar-refractivity contribution in [2.24, 2.45) is 0 Å². The fraction of sp³-hybridized carbons (Fsp3) is 0.111. The van der Waals surface area contributed by atoms with Crippen molar-refractivity contribution in [3.8, 4) is 22.5 Å². The summed E-state index contributed by atoms with van der Waals surface area (Å²) >= 11 is 0. The summed E-state index contributed by atoms with van der Waals surface area (Å²) in [6.07, 6.45) is 6.99. The van der Waals surface area contributed by atoms with Gasteiger partial charge in [-0.3, -0.25) is 0 Å². The minimum absolute atomic E-state index is 0.0101. The average Bonchev–Trinajstić information content (AvgIpc) is 3.71. The first-order chi connectivity index (χ1) is 23.1. The maximum Gasteiger partial charge on any atom is 0.0544 e. The molecule has 0 saturated carbocycles. The maximum absolute atomic E-state index is 2.50. The minimum Gasteiger partial charge on any atom is -0.309 e. The highest BCUT2D eigenvalue weighted by atomic mass is 15.0. The number of nitrogens with zero attached hydrogens (tertiary/aromatic N) is 2. The van der Waals surface area contributed by atoms with E-state index in [4.69, 9.17) is 0 Å². The van der Waals surface area contributed by atoms with Gasteiger partial charge < -0.3 is 9.13 Å². The van der Waals surface area contributed by atoms with E-state index >= 15 is 0 Å². The molecule has 0 atom stereocenters. The lowest BCUT2D eigenvalue weighted by Gasteiger charge is -2.25. The maximum atomic E-state index is 2.50. The van der Waals surface area contributed by atoms with E-state index in [0.29, 0.717) is 0 Å². The van der Waals surface area contributed by atoms with Crippen LogP contribution < -0.4 is 0 Å². The SMILES string of the molecule is CC1(C)C2=C(C=CCC2)c2cc3c4cc(-n5c6ccccc6c6ccccc65)ccc4n(-c4ccc(-c5ccccc5)cc4)c3cc21. The molecule has 0 fully saturated rings. The fourth-order valence-electron chi connectivity index (χ4n) is 8.57. The van der Waals surface area contributed by atoms with Gasteiger partial charge in [0.05, 0.1) is 22.1 Å². The summed E-state index contributed by atoms with van der Waals surface area (Å²) in [5.74, 6) is 0. The van der Waals surface area contributed by atoms with Gasteiger partial charge in [0.1, 0.15) is 0 Å². The predicted octanol–water partition coefficient (Wildman–Crippen LogP) is 11.9. The van der Waals surface area contributed by atoms with Gasteiger partial charge in [0.15, 0.2) is 0 Å². The van der Waals surface area contributed by atoms with Crippen molar-refractivity contribution in [2.75, 3.05) is 0 Å². The van der Waals surface area contributed by atoms with Crippen LogP contribution >= 0.6 is 0 Å². The molecule has 2 heterocycles. The van der Waals surface area contributed by atoms with E-state index in [0.717, 1.165) is 12.8 Å². The predicted molar refractivity (Wildman–Crippen MR) is 199 cm³/mol. The smallest absolute Gasteiger partial charge is 0.0544 e. The van der Waals surface area contributed by atoms with Crippen LogP contribution in [0.1, 0.15) is 37.8 Å². The highest BCUT2D eigenvalue weighted by molar-refractivity contribution is 6.13. The lowest BCUT2D eigenvalue weighted by molar-refractivity contribution is 0.608. The zero-order valence-electron chi connectivity index (χ0n) is 26.7.